The van der Waals surface area contributed by atoms with Crippen LogP contribution in [0.15, 0.2) is 18.6 Å². The Bertz CT molecular complexity index is 291. The second kappa shape index (κ2) is 8.57. The maximum atomic E-state index is 10.7. The fourth-order valence-corrected chi connectivity index (χ4v) is 0.558. The highest BCUT2D eigenvalue weighted by molar-refractivity contribution is 5.91. The molecule has 1 aromatic rings. The molecule has 1 aromatic heterocycles. The minimum Gasteiger partial charge on any atom is -0.468 e. The minimum atomic E-state index is -0.437. The van der Waals surface area contributed by atoms with E-state index in [0.717, 1.165) is 0 Å². The van der Waals surface area contributed by atoms with E-state index < -0.39 is 5.91 Å². The average molecular weight is 212 g/mol. The van der Waals surface area contributed by atoms with Gasteiger partial charge in [-0.25, -0.2) is 10.8 Å². The summed E-state index contributed by atoms with van der Waals surface area (Å²) in [5.41, 5.74) is 2.15. The number of nitrogens with two attached hydrogens (primary N) is 1. The highest BCUT2D eigenvalue weighted by atomic mass is 16.5. The van der Waals surface area contributed by atoms with E-state index in [9.17, 15) is 9.59 Å². The predicted molar refractivity (Wildman–Crippen MR) is 51.4 cm³/mol. The van der Waals surface area contributed by atoms with Gasteiger partial charge in [0.25, 0.3) is 12.4 Å². The van der Waals surface area contributed by atoms with Gasteiger partial charge in [-0.2, -0.15) is 0 Å². The molecular weight excluding hydrogens is 200 g/mol. The van der Waals surface area contributed by atoms with Gasteiger partial charge in [0.15, 0.2) is 0 Å². The largest absolute Gasteiger partial charge is 0.468 e. The standard InChI is InChI=1S/C5H6N4O.C3H6O2/c6-9-5(10)4-3-7-1-2-8-4;1-2-5-3-4/h1-3H,6H2,(H,9,10);3H,2H2,1H3. The average Bonchev–Trinajstić information content (AvgIpc) is 2.31. The molecule has 7 nitrogen and oxygen atoms in total. The smallest absolute Gasteiger partial charge is 0.293 e. The van der Waals surface area contributed by atoms with E-state index in [0.29, 0.717) is 13.1 Å². The lowest BCUT2D eigenvalue weighted by Gasteiger charge is -1.94. The van der Waals surface area contributed by atoms with Crippen LogP contribution in [0.4, 0.5) is 0 Å². The van der Waals surface area contributed by atoms with Crippen LogP contribution in [0.25, 0.3) is 0 Å². The number of rotatable bonds is 3. The first kappa shape index (κ1) is 13.0. The number of amides is 1. The van der Waals surface area contributed by atoms with Crippen molar-refractivity contribution in [3.05, 3.63) is 24.3 Å². The van der Waals surface area contributed by atoms with Crippen molar-refractivity contribution >= 4 is 12.4 Å². The fourth-order valence-electron chi connectivity index (χ4n) is 0.558. The van der Waals surface area contributed by atoms with E-state index in [4.69, 9.17) is 5.84 Å². The number of carbonyl (C=O) groups is 2. The lowest BCUT2D eigenvalue weighted by molar-refractivity contribution is -0.128. The van der Waals surface area contributed by atoms with E-state index in [-0.39, 0.29) is 5.69 Å². The van der Waals surface area contributed by atoms with Gasteiger partial charge in [-0.1, -0.05) is 0 Å². The lowest BCUT2D eigenvalue weighted by atomic mass is 10.4. The van der Waals surface area contributed by atoms with Crippen molar-refractivity contribution in [3.8, 4) is 0 Å². The van der Waals surface area contributed by atoms with E-state index >= 15 is 0 Å². The number of nitrogens with one attached hydrogen (secondary N) is 1. The number of nitrogen functional groups attached to an aromatic ring is 1. The first-order valence-electron chi connectivity index (χ1n) is 4.08. The third kappa shape index (κ3) is 6.11. The summed E-state index contributed by atoms with van der Waals surface area (Å²) in [7, 11) is 0. The molecule has 7 heteroatoms. The van der Waals surface area contributed by atoms with Gasteiger partial charge in [0, 0.05) is 12.4 Å². The molecule has 0 atom stereocenters. The Kier molecular flexibility index (Phi) is 7.42. The third-order valence-electron chi connectivity index (χ3n) is 1.16. The lowest BCUT2D eigenvalue weighted by Crippen LogP contribution is -2.30. The van der Waals surface area contributed by atoms with Gasteiger partial charge in [-0.15, -0.1) is 0 Å². The van der Waals surface area contributed by atoms with Crippen LogP contribution in [0.2, 0.25) is 0 Å². The highest BCUT2D eigenvalue weighted by Gasteiger charge is 2.01. The Balaban J connectivity index is 0.000000336. The Morgan fingerprint density at radius 3 is 2.73 bits per heavy atom. The van der Waals surface area contributed by atoms with Crippen molar-refractivity contribution in [1.29, 1.82) is 0 Å². The summed E-state index contributed by atoms with van der Waals surface area (Å²) in [6.07, 6.45) is 4.24. The number of hydrazine groups is 1. The molecule has 1 rings (SSSR count). The van der Waals surface area contributed by atoms with Gasteiger partial charge in [-0.05, 0) is 6.92 Å². The number of hydrogen-bond donors (Lipinski definition) is 2. The summed E-state index contributed by atoms with van der Waals surface area (Å²) in [6, 6.07) is 0. The van der Waals surface area contributed by atoms with Crippen molar-refractivity contribution in [2.75, 3.05) is 6.61 Å². The molecule has 1 heterocycles. The number of nitrogens with zero attached hydrogens (tertiary/aromatic N) is 2. The van der Waals surface area contributed by atoms with Crippen LogP contribution in [-0.4, -0.2) is 29.0 Å². The zero-order valence-corrected chi connectivity index (χ0v) is 8.21. The monoisotopic (exact) mass is 212 g/mol. The first-order valence-corrected chi connectivity index (χ1v) is 4.08. The quantitative estimate of drug-likeness (QED) is 0.296. The molecule has 0 fully saturated rings. The number of carbonyl (C=O) groups excluding carboxylic acids is 2. The van der Waals surface area contributed by atoms with Crippen molar-refractivity contribution < 1.29 is 14.3 Å². The Hall–Kier alpha value is -2.02. The summed E-state index contributed by atoms with van der Waals surface area (Å²) in [4.78, 5) is 27.2. The van der Waals surface area contributed by atoms with Gasteiger partial charge in [0.05, 0.1) is 12.8 Å². The normalized spacial score (nSPS) is 8.13. The predicted octanol–water partition coefficient (Wildman–Crippen LogP) is -0.741. The number of aromatic nitrogens is 2. The van der Waals surface area contributed by atoms with E-state index in [1.165, 1.54) is 18.6 Å². The second-order valence-electron chi connectivity index (χ2n) is 2.12. The SMILES string of the molecule is CCOC=O.NNC(=O)c1cnccn1. The van der Waals surface area contributed by atoms with Gasteiger partial charge < -0.3 is 4.74 Å². The fraction of sp³-hybridized carbons (Fsp3) is 0.250. The molecule has 0 aliphatic carbocycles. The van der Waals surface area contributed by atoms with Crippen LogP contribution in [0.1, 0.15) is 17.4 Å². The summed E-state index contributed by atoms with van der Waals surface area (Å²) in [5.74, 6) is 4.40. The van der Waals surface area contributed by atoms with Gasteiger partial charge >= 0.3 is 0 Å². The molecule has 0 aliphatic rings. The molecule has 15 heavy (non-hydrogen) atoms. The third-order valence-corrected chi connectivity index (χ3v) is 1.16. The summed E-state index contributed by atoms with van der Waals surface area (Å²) < 4.78 is 4.15. The van der Waals surface area contributed by atoms with Crippen molar-refractivity contribution in [2.45, 2.75) is 6.92 Å². The summed E-state index contributed by atoms with van der Waals surface area (Å²) in [5, 5.41) is 0. The topological polar surface area (TPSA) is 107 Å². The number of hydrogen-bond acceptors (Lipinski definition) is 6. The van der Waals surface area contributed by atoms with Crippen LogP contribution >= 0.6 is 0 Å². The molecule has 0 spiro atoms. The molecule has 0 radical (unpaired) electrons. The van der Waals surface area contributed by atoms with E-state index in [2.05, 4.69) is 14.7 Å². The first-order chi connectivity index (χ1) is 7.26. The Labute approximate surface area is 86.6 Å². The van der Waals surface area contributed by atoms with Crippen LogP contribution in [0, 0.1) is 0 Å². The molecule has 0 unspecified atom stereocenters. The van der Waals surface area contributed by atoms with Gasteiger partial charge in [0.1, 0.15) is 5.69 Å². The minimum absolute atomic E-state index is 0.213. The molecule has 0 saturated carbocycles. The van der Waals surface area contributed by atoms with Crippen LogP contribution in [-0.2, 0) is 9.53 Å². The van der Waals surface area contributed by atoms with Crippen molar-refractivity contribution in [2.24, 2.45) is 5.84 Å². The highest BCUT2D eigenvalue weighted by Crippen LogP contribution is 1.86. The zero-order valence-electron chi connectivity index (χ0n) is 8.21. The molecule has 0 aliphatic heterocycles. The molecule has 0 saturated heterocycles. The molecule has 1 amide bonds. The van der Waals surface area contributed by atoms with E-state index in [1.54, 1.807) is 6.92 Å². The van der Waals surface area contributed by atoms with Crippen LogP contribution in [0.5, 0.6) is 0 Å². The second-order valence-corrected chi connectivity index (χ2v) is 2.12. The summed E-state index contributed by atoms with van der Waals surface area (Å²) in [6.45, 7) is 2.66. The van der Waals surface area contributed by atoms with Gasteiger partial charge in [0.2, 0.25) is 0 Å². The van der Waals surface area contributed by atoms with E-state index in [1.807, 2.05) is 5.43 Å². The summed E-state index contributed by atoms with van der Waals surface area (Å²) >= 11 is 0. The molecule has 3 N–H and O–H groups in total. The maximum absolute atomic E-state index is 10.7. The maximum Gasteiger partial charge on any atom is 0.293 e. The molecule has 0 bridgehead atoms. The molecule has 82 valence electrons. The van der Waals surface area contributed by atoms with Crippen LogP contribution < -0.4 is 11.3 Å². The van der Waals surface area contributed by atoms with Crippen molar-refractivity contribution in [1.82, 2.24) is 15.4 Å². The zero-order chi connectivity index (χ0) is 11.5. The van der Waals surface area contributed by atoms with Crippen LogP contribution in [0.3, 0.4) is 0 Å². The molecule has 0 aromatic carbocycles. The number of ether oxygens (including phenoxy) is 1. The van der Waals surface area contributed by atoms with Gasteiger partial charge in [-0.3, -0.25) is 20.0 Å². The Morgan fingerprint density at radius 2 is 2.40 bits per heavy atom. The molecular formula is C8H12N4O3. The van der Waals surface area contributed by atoms with Crippen molar-refractivity contribution in [3.63, 3.8) is 0 Å². The Morgan fingerprint density at radius 1 is 1.67 bits per heavy atom.